The van der Waals surface area contributed by atoms with Crippen molar-refractivity contribution in [3.8, 4) is 5.75 Å². The number of alkyl halides is 2. The number of hydrogen-bond acceptors (Lipinski definition) is 4. The number of hydrogen-bond donors (Lipinski definition) is 0. The van der Waals surface area contributed by atoms with Gasteiger partial charge in [-0.15, -0.1) is 0 Å². The molecule has 0 bridgehead atoms. The van der Waals surface area contributed by atoms with Gasteiger partial charge in [0, 0.05) is 18.8 Å². The van der Waals surface area contributed by atoms with Crippen LogP contribution in [0.4, 0.5) is 14.5 Å². The Balaban J connectivity index is 1.91. The average molecular weight is 306 g/mol. The van der Waals surface area contributed by atoms with Gasteiger partial charge in [0.25, 0.3) is 11.6 Å². The fourth-order valence-corrected chi connectivity index (χ4v) is 1.94. The number of esters is 1. The largest absolute Gasteiger partial charge is 0.426 e. The fraction of sp³-hybridized carbons (Fsp3) is 0.417. The molecule has 0 aromatic heterocycles. The molecule has 1 aromatic carbocycles. The topological polar surface area (TPSA) is 69.4 Å². The normalized spacial score (nSPS) is 19.4. The summed E-state index contributed by atoms with van der Waals surface area (Å²) in [5, 5.41) is 10.6. The summed E-state index contributed by atoms with van der Waals surface area (Å²) in [6, 6.07) is 3.56. The van der Waals surface area contributed by atoms with E-state index in [1.54, 1.807) is 0 Å². The fourth-order valence-electron chi connectivity index (χ4n) is 1.75. The number of ether oxygens (including phenoxy) is 1. The van der Waals surface area contributed by atoms with Crippen molar-refractivity contribution in [2.45, 2.75) is 25.2 Å². The molecular weight excluding hydrogens is 296 g/mol. The van der Waals surface area contributed by atoms with Gasteiger partial charge in [-0.2, -0.15) is 0 Å². The molecule has 1 aliphatic rings. The van der Waals surface area contributed by atoms with Crippen molar-refractivity contribution in [1.82, 2.24) is 0 Å². The van der Waals surface area contributed by atoms with Gasteiger partial charge in [-0.25, -0.2) is 8.78 Å². The molecule has 0 radical (unpaired) electrons. The Hall–Kier alpha value is -1.76. The average Bonchev–Trinajstić information content (AvgIpc) is 2.97. The molecule has 0 heterocycles. The molecule has 0 amide bonds. The van der Waals surface area contributed by atoms with Gasteiger partial charge >= 0.3 is 5.97 Å². The van der Waals surface area contributed by atoms with E-state index in [4.69, 9.17) is 16.3 Å². The maximum Gasteiger partial charge on any atom is 0.311 e. The van der Waals surface area contributed by atoms with E-state index in [1.165, 1.54) is 12.1 Å². The summed E-state index contributed by atoms with van der Waals surface area (Å²) < 4.78 is 30.1. The first-order chi connectivity index (χ1) is 9.29. The zero-order chi connectivity index (χ0) is 14.9. The van der Waals surface area contributed by atoms with Gasteiger partial charge in [-0.1, -0.05) is 11.6 Å². The minimum atomic E-state index is -2.67. The van der Waals surface area contributed by atoms with E-state index in [2.05, 4.69) is 0 Å². The quantitative estimate of drug-likeness (QED) is 0.361. The monoisotopic (exact) mass is 305 g/mol. The number of nitro groups is 1. The molecule has 0 aliphatic heterocycles. The number of carbonyl (C=O) groups is 1. The first kappa shape index (κ1) is 14.6. The second-order valence-electron chi connectivity index (χ2n) is 4.55. The molecular formula is C12H10ClF2NO4. The molecule has 0 N–H and O–H groups in total. The third kappa shape index (κ3) is 3.41. The molecule has 20 heavy (non-hydrogen) atoms. The molecule has 1 aliphatic carbocycles. The Labute approximate surface area is 117 Å². The van der Waals surface area contributed by atoms with Gasteiger partial charge in [0.1, 0.15) is 10.8 Å². The highest BCUT2D eigenvalue weighted by Gasteiger charge is 2.56. The summed E-state index contributed by atoms with van der Waals surface area (Å²) in [6.07, 6.45) is -0.315. The lowest BCUT2D eigenvalue weighted by Crippen LogP contribution is -2.09. The van der Waals surface area contributed by atoms with Crippen molar-refractivity contribution in [2.24, 2.45) is 5.92 Å². The molecule has 5 nitrogen and oxygen atoms in total. The number of nitrogens with zero attached hydrogens (tertiary/aromatic N) is 1. The Morgan fingerprint density at radius 1 is 1.55 bits per heavy atom. The second kappa shape index (κ2) is 5.32. The Morgan fingerprint density at radius 3 is 2.75 bits per heavy atom. The summed E-state index contributed by atoms with van der Waals surface area (Å²) in [7, 11) is 0. The van der Waals surface area contributed by atoms with Crippen LogP contribution < -0.4 is 4.74 Å². The zero-order valence-electron chi connectivity index (χ0n) is 10.1. The van der Waals surface area contributed by atoms with Crippen molar-refractivity contribution in [3.63, 3.8) is 0 Å². The van der Waals surface area contributed by atoms with Gasteiger partial charge in [-0.05, 0) is 18.6 Å². The summed E-state index contributed by atoms with van der Waals surface area (Å²) in [5.74, 6) is -4.17. The molecule has 108 valence electrons. The molecule has 1 atom stereocenters. The lowest BCUT2D eigenvalue weighted by molar-refractivity contribution is -0.384. The van der Waals surface area contributed by atoms with Gasteiger partial charge in [-0.3, -0.25) is 14.9 Å². The highest BCUT2D eigenvalue weighted by atomic mass is 35.5. The zero-order valence-corrected chi connectivity index (χ0v) is 10.9. The molecule has 1 saturated carbocycles. The third-order valence-electron chi connectivity index (χ3n) is 3.00. The van der Waals surface area contributed by atoms with E-state index in [9.17, 15) is 23.7 Å². The van der Waals surface area contributed by atoms with Crippen LogP contribution in [0.5, 0.6) is 5.75 Å². The predicted molar refractivity (Wildman–Crippen MR) is 66.0 cm³/mol. The first-order valence-corrected chi connectivity index (χ1v) is 6.20. The number of rotatable bonds is 5. The van der Waals surface area contributed by atoms with E-state index in [-0.39, 0.29) is 35.7 Å². The van der Waals surface area contributed by atoms with Gasteiger partial charge < -0.3 is 4.74 Å². The Kier molecular flexibility index (Phi) is 3.89. The summed E-state index contributed by atoms with van der Waals surface area (Å²) >= 11 is 5.60. The highest BCUT2D eigenvalue weighted by Crippen LogP contribution is 2.51. The van der Waals surface area contributed by atoms with E-state index in [1.807, 2.05) is 0 Å². The van der Waals surface area contributed by atoms with Crippen molar-refractivity contribution in [1.29, 1.82) is 0 Å². The van der Waals surface area contributed by atoms with Crippen LogP contribution in [0.25, 0.3) is 0 Å². The van der Waals surface area contributed by atoms with E-state index >= 15 is 0 Å². The van der Waals surface area contributed by atoms with Crippen LogP contribution in [0, 0.1) is 16.0 Å². The maximum atomic E-state index is 12.6. The maximum absolute atomic E-state index is 12.6. The van der Waals surface area contributed by atoms with Crippen molar-refractivity contribution < 1.29 is 23.2 Å². The number of halogens is 3. The number of carbonyl (C=O) groups excluding carboxylic acids is 1. The lowest BCUT2D eigenvalue weighted by Gasteiger charge is -2.04. The van der Waals surface area contributed by atoms with Crippen LogP contribution in [-0.2, 0) is 4.79 Å². The first-order valence-electron chi connectivity index (χ1n) is 5.82. The van der Waals surface area contributed by atoms with Crippen LogP contribution in [0.2, 0.25) is 5.02 Å². The van der Waals surface area contributed by atoms with E-state index < -0.39 is 22.7 Å². The van der Waals surface area contributed by atoms with Gasteiger partial charge in [0.05, 0.1) is 11.0 Å². The number of nitro benzene ring substituents is 1. The highest BCUT2D eigenvalue weighted by molar-refractivity contribution is 6.32. The van der Waals surface area contributed by atoms with Crippen LogP contribution in [-0.4, -0.2) is 16.8 Å². The standard InChI is InChI=1S/C12H10ClF2NO4/c13-9-3-2-8(5-10(9)16(18)19)20-11(17)4-1-7-6-12(7,14)15/h2-3,5,7H,1,4,6H2. The summed E-state index contributed by atoms with van der Waals surface area (Å²) in [4.78, 5) is 21.4. The van der Waals surface area contributed by atoms with Crippen LogP contribution in [0.1, 0.15) is 19.3 Å². The van der Waals surface area contributed by atoms with Crippen molar-refractivity contribution >= 4 is 23.3 Å². The Bertz CT molecular complexity index is 564. The van der Waals surface area contributed by atoms with Crippen molar-refractivity contribution in [2.75, 3.05) is 0 Å². The minimum Gasteiger partial charge on any atom is -0.426 e. The van der Waals surface area contributed by atoms with Gasteiger partial charge in [0.2, 0.25) is 0 Å². The number of benzene rings is 1. The predicted octanol–water partition coefficient (Wildman–Crippen LogP) is 3.59. The smallest absolute Gasteiger partial charge is 0.311 e. The summed E-state index contributed by atoms with van der Waals surface area (Å²) in [5.41, 5.74) is -0.384. The van der Waals surface area contributed by atoms with E-state index in [0.29, 0.717) is 0 Å². The molecule has 1 unspecified atom stereocenters. The van der Waals surface area contributed by atoms with E-state index in [0.717, 1.165) is 6.07 Å². The third-order valence-corrected chi connectivity index (χ3v) is 3.32. The van der Waals surface area contributed by atoms with Crippen LogP contribution in [0.3, 0.4) is 0 Å². The second-order valence-corrected chi connectivity index (χ2v) is 4.95. The summed E-state index contributed by atoms with van der Waals surface area (Å²) in [6.45, 7) is 0. The molecule has 1 aromatic rings. The van der Waals surface area contributed by atoms with Crippen LogP contribution in [0.15, 0.2) is 18.2 Å². The Morgan fingerprint density at radius 2 is 2.20 bits per heavy atom. The molecule has 8 heteroatoms. The lowest BCUT2D eigenvalue weighted by atomic mass is 10.2. The SMILES string of the molecule is O=C(CCC1CC1(F)F)Oc1ccc(Cl)c([N+](=O)[O-])c1. The molecule has 1 fully saturated rings. The van der Waals surface area contributed by atoms with Gasteiger partial charge in [0.15, 0.2) is 0 Å². The van der Waals surface area contributed by atoms with Crippen LogP contribution >= 0.6 is 11.6 Å². The minimum absolute atomic E-state index is 0.0337. The van der Waals surface area contributed by atoms with Crippen molar-refractivity contribution in [3.05, 3.63) is 33.3 Å². The molecule has 0 spiro atoms. The molecule has 2 rings (SSSR count). The molecule has 0 saturated heterocycles.